The lowest BCUT2D eigenvalue weighted by atomic mass is 10.2. The summed E-state index contributed by atoms with van der Waals surface area (Å²) < 4.78 is 0.996. The van der Waals surface area contributed by atoms with E-state index in [0.29, 0.717) is 0 Å². The van der Waals surface area contributed by atoms with Crippen molar-refractivity contribution in [3.63, 3.8) is 0 Å². The molecule has 0 bridgehead atoms. The van der Waals surface area contributed by atoms with Gasteiger partial charge < -0.3 is 5.73 Å². The standard InChI is InChI=1S/C10H13BrN2O/c11-8-3-4-10(9(12)7-8)13-5-1-2-6-14-13/h3-4,7H,1-2,5-6,12H2. The number of rotatable bonds is 1. The predicted octanol–water partition coefficient (Wildman–Crippen LogP) is 2.56. The second kappa shape index (κ2) is 4.19. The van der Waals surface area contributed by atoms with E-state index < -0.39 is 0 Å². The summed E-state index contributed by atoms with van der Waals surface area (Å²) in [5, 5.41) is 1.88. The topological polar surface area (TPSA) is 38.5 Å². The van der Waals surface area contributed by atoms with Crippen molar-refractivity contribution in [3.05, 3.63) is 22.7 Å². The highest BCUT2D eigenvalue weighted by Crippen LogP contribution is 2.28. The van der Waals surface area contributed by atoms with Crippen LogP contribution < -0.4 is 10.8 Å². The second-order valence-corrected chi connectivity index (χ2v) is 4.26. The fourth-order valence-corrected chi connectivity index (χ4v) is 1.92. The van der Waals surface area contributed by atoms with Crippen molar-refractivity contribution in [3.8, 4) is 0 Å². The molecule has 0 atom stereocenters. The van der Waals surface area contributed by atoms with Crippen molar-refractivity contribution >= 4 is 27.3 Å². The van der Waals surface area contributed by atoms with Crippen LogP contribution in [0.3, 0.4) is 0 Å². The van der Waals surface area contributed by atoms with Crippen molar-refractivity contribution in [1.29, 1.82) is 0 Å². The minimum absolute atomic E-state index is 0.751. The average molecular weight is 257 g/mol. The van der Waals surface area contributed by atoms with Gasteiger partial charge in [0.1, 0.15) is 0 Å². The van der Waals surface area contributed by atoms with Gasteiger partial charge >= 0.3 is 0 Å². The lowest BCUT2D eigenvalue weighted by Gasteiger charge is -2.28. The van der Waals surface area contributed by atoms with E-state index >= 15 is 0 Å². The summed E-state index contributed by atoms with van der Waals surface area (Å²) in [4.78, 5) is 5.52. The third-order valence-electron chi connectivity index (χ3n) is 2.26. The summed E-state index contributed by atoms with van der Waals surface area (Å²) in [5.74, 6) is 0. The Labute approximate surface area is 91.9 Å². The van der Waals surface area contributed by atoms with E-state index in [-0.39, 0.29) is 0 Å². The molecule has 0 aliphatic carbocycles. The molecule has 3 nitrogen and oxygen atoms in total. The molecule has 0 saturated carbocycles. The second-order valence-electron chi connectivity index (χ2n) is 3.35. The maximum absolute atomic E-state index is 5.90. The van der Waals surface area contributed by atoms with E-state index in [9.17, 15) is 0 Å². The van der Waals surface area contributed by atoms with Gasteiger partial charge in [-0.3, -0.25) is 9.90 Å². The van der Waals surface area contributed by atoms with Crippen LogP contribution in [0.15, 0.2) is 22.7 Å². The maximum Gasteiger partial charge on any atom is 0.0866 e. The van der Waals surface area contributed by atoms with Gasteiger partial charge in [-0.2, -0.15) is 0 Å². The number of anilines is 2. The molecule has 0 radical (unpaired) electrons. The fraction of sp³-hybridized carbons (Fsp3) is 0.400. The van der Waals surface area contributed by atoms with Gasteiger partial charge in [0, 0.05) is 11.0 Å². The van der Waals surface area contributed by atoms with Gasteiger partial charge in [0.25, 0.3) is 0 Å². The van der Waals surface area contributed by atoms with E-state index in [2.05, 4.69) is 15.9 Å². The zero-order valence-electron chi connectivity index (χ0n) is 7.87. The third-order valence-corrected chi connectivity index (χ3v) is 2.75. The zero-order chi connectivity index (χ0) is 9.97. The number of hydrogen-bond donors (Lipinski definition) is 1. The molecule has 1 aliphatic rings. The number of nitrogens with zero attached hydrogens (tertiary/aromatic N) is 1. The van der Waals surface area contributed by atoms with Gasteiger partial charge in [-0.1, -0.05) is 15.9 Å². The van der Waals surface area contributed by atoms with Gasteiger partial charge in [-0.05, 0) is 31.0 Å². The number of nitrogens with two attached hydrogens (primary N) is 1. The normalized spacial score (nSPS) is 17.1. The van der Waals surface area contributed by atoms with Crippen LogP contribution in [-0.4, -0.2) is 13.2 Å². The van der Waals surface area contributed by atoms with E-state index in [0.717, 1.165) is 41.8 Å². The molecule has 76 valence electrons. The van der Waals surface area contributed by atoms with E-state index in [1.807, 2.05) is 23.3 Å². The average Bonchev–Trinajstić information content (AvgIpc) is 2.19. The Morgan fingerprint density at radius 2 is 2.21 bits per heavy atom. The number of hydrogen-bond acceptors (Lipinski definition) is 3. The van der Waals surface area contributed by atoms with Crippen LogP contribution in [0, 0.1) is 0 Å². The minimum atomic E-state index is 0.751. The van der Waals surface area contributed by atoms with Crippen molar-refractivity contribution in [2.24, 2.45) is 0 Å². The van der Waals surface area contributed by atoms with Gasteiger partial charge in [0.15, 0.2) is 0 Å². The van der Waals surface area contributed by atoms with Crippen LogP contribution in [0.1, 0.15) is 12.8 Å². The number of nitrogen functional groups attached to an aromatic ring is 1. The first-order valence-corrected chi connectivity index (χ1v) is 5.52. The third kappa shape index (κ3) is 2.01. The Hall–Kier alpha value is -0.740. The highest BCUT2D eigenvalue weighted by atomic mass is 79.9. The first-order valence-electron chi connectivity index (χ1n) is 4.73. The van der Waals surface area contributed by atoms with Crippen LogP contribution in [0.25, 0.3) is 0 Å². The molecule has 14 heavy (non-hydrogen) atoms. The Kier molecular flexibility index (Phi) is 2.93. The smallest absolute Gasteiger partial charge is 0.0866 e. The molecule has 0 unspecified atom stereocenters. The molecule has 0 amide bonds. The van der Waals surface area contributed by atoms with Crippen LogP contribution in [0.4, 0.5) is 11.4 Å². The van der Waals surface area contributed by atoms with Crippen LogP contribution in [0.2, 0.25) is 0 Å². The van der Waals surface area contributed by atoms with Crippen molar-refractivity contribution in [2.45, 2.75) is 12.8 Å². The van der Waals surface area contributed by atoms with Crippen molar-refractivity contribution in [1.82, 2.24) is 0 Å². The Balaban J connectivity index is 2.22. The number of benzene rings is 1. The van der Waals surface area contributed by atoms with Crippen LogP contribution in [-0.2, 0) is 4.84 Å². The zero-order valence-corrected chi connectivity index (χ0v) is 9.46. The molecule has 2 N–H and O–H groups in total. The summed E-state index contributed by atoms with van der Waals surface area (Å²) in [7, 11) is 0. The first kappa shape index (κ1) is 9.80. The van der Waals surface area contributed by atoms with E-state index in [1.54, 1.807) is 0 Å². The summed E-state index contributed by atoms with van der Waals surface area (Å²) in [6, 6.07) is 5.85. The minimum Gasteiger partial charge on any atom is -0.397 e. The van der Waals surface area contributed by atoms with E-state index in [4.69, 9.17) is 10.6 Å². The Morgan fingerprint density at radius 3 is 2.86 bits per heavy atom. The quantitative estimate of drug-likeness (QED) is 0.786. The molecule has 1 aliphatic heterocycles. The summed E-state index contributed by atoms with van der Waals surface area (Å²) in [6.07, 6.45) is 2.29. The lowest BCUT2D eigenvalue weighted by molar-refractivity contribution is 0.0781. The molecular formula is C10H13BrN2O. The highest BCUT2D eigenvalue weighted by Gasteiger charge is 2.14. The molecule has 1 fully saturated rings. The van der Waals surface area contributed by atoms with Crippen molar-refractivity contribution in [2.75, 3.05) is 23.9 Å². The molecule has 1 aromatic rings. The summed E-state index contributed by atoms with van der Waals surface area (Å²) >= 11 is 3.38. The molecule has 1 heterocycles. The molecule has 1 aromatic carbocycles. The molecule has 1 saturated heterocycles. The monoisotopic (exact) mass is 256 g/mol. The SMILES string of the molecule is Nc1cc(Br)ccc1N1CCCCO1. The molecule has 0 spiro atoms. The summed E-state index contributed by atoms with van der Waals surface area (Å²) in [5.41, 5.74) is 7.62. The van der Waals surface area contributed by atoms with Gasteiger partial charge in [-0.15, -0.1) is 0 Å². The van der Waals surface area contributed by atoms with E-state index in [1.165, 1.54) is 0 Å². The Bertz CT molecular complexity index is 324. The van der Waals surface area contributed by atoms with Gasteiger partial charge in [-0.25, -0.2) is 0 Å². The van der Waals surface area contributed by atoms with Crippen LogP contribution >= 0.6 is 15.9 Å². The molecule has 2 rings (SSSR count). The lowest BCUT2D eigenvalue weighted by Crippen LogP contribution is -2.30. The largest absolute Gasteiger partial charge is 0.397 e. The number of halogens is 1. The van der Waals surface area contributed by atoms with Gasteiger partial charge in [0.05, 0.1) is 18.0 Å². The van der Waals surface area contributed by atoms with Crippen LogP contribution in [0.5, 0.6) is 0 Å². The fourth-order valence-electron chi connectivity index (χ4n) is 1.54. The predicted molar refractivity (Wildman–Crippen MR) is 61.1 cm³/mol. The maximum atomic E-state index is 5.90. The summed E-state index contributed by atoms with van der Waals surface area (Å²) in [6.45, 7) is 1.71. The van der Waals surface area contributed by atoms with Crippen molar-refractivity contribution < 1.29 is 4.84 Å². The molecule has 0 aromatic heterocycles. The Morgan fingerprint density at radius 1 is 1.36 bits per heavy atom. The molecular weight excluding hydrogens is 244 g/mol. The highest BCUT2D eigenvalue weighted by molar-refractivity contribution is 9.10. The first-order chi connectivity index (χ1) is 6.77. The number of hydroxylamine groups is 1. The van der Waals surface area contributed by atoms with Gasteiger partial charge in [0.2, 0.25) is 0 Å². The molecule has 4 heteroatoms.